The monoisotopic (exact) mass is 435 g/mol. The number of aromatic hydroxyl groups is 1. The molecule has 3 rings (SSSR count). The van der Waals surface area contributed by atoms with Crippen LogP contribution in [0.4, 0.5) is 10.1 Å². The first kappa shape index (κ1) is 20.5. The second-order valence-electron chi connectivity index (χ2n) is 5.75. The Morgan fingerprint density at radius 1 is 1.07 bits per heavy atom. The maximum Gasteiger partial charge on any atom is 0.342 e. The lowest BCUT2D eigenvalue weighted by molar-refractivity contribution is 0.0470. The molecule has 0 spiro atoms. The summed E-state index contributed by atoms with van der Waals surface area (Å²) in [5.41, 5.74) is -0.455. The summed E-state index contributed by atoms with van der Waals surface area (Å²) in [6.07, 6.45) is 0. The molecule has 3 aromatic rings. The zero-order valence-corrected chi connectivity index (χ0v) is 16.3. The van der Waals surface area contributed by atoms with Crippen LogP contribution in [-0.4, -0.2) is 31.9 Å². The number of rotatable bonds is 7. The van der Waals surface area contributed by atoms with Crippen molar-refractivity contribution in [2.45, 2.75) is 4.21 Å². The number of hydrogen-bond donors (Lipinski definition) is 2. The Balaban J connectivity index is 1.67. The fourth-order valence-corrected chi connectivity index (χ4v) is 4.41. The highest BCUT2D eigenvalue weighted by Gasteiger charge is 2.19. The van der Waals surface area contributed by atoms with E-state index < -0.39 is 39.9 Å². The first-order chi connectivity index (χ1) is 13.8. The van der Waals surface area contributed by atoms with E-state index in [1.807, 2.05) is 0 Å². The first-order valence-electron chi connectivity index (χ1n) is 8.12. The molecular weight excluding hydrogens is 421 g/mol. The van der Waals surface area contributed by atoms with Crippen LogP contribution >= 0.6 is 11.3 Å². The van der Waals surface area contributed by atoms with Gasteiger partial charge in [0, 0.05) is 6.07 Å². The van der Waals surface area contributed by atoms with Crippen molar-refractivity contribution < 1.29 is 32.2 Å². The Morgan fingerprint density at radius 2 is 1.83 bits per heavy atom. The molecule has 0 radical (unpaired) electrons. The highest BCUT2D eigenvalue weighted by molar-refractivity contribution is 7.94. The lowest BCUT2D eigenvalue weighted by Crippen LogP contribution is -2.16. The fourth-order valence-electron chi connectivity index (χ4n) is 2.36. The van der Waals surface area contributed by atoms with Crippen molar-refractivity contribution in [3.63, 3.8) is 0 Å². The molecule has 0 fully saturated rings. The second-order valence-corrected chi connectivity index (χ2v) is 8.61. The molecule has 0 aliphatic heterocycles. The number of esters is 1. The van der Waals surface area contributed by atoms with Gasteiger partial charge in [-0.1, -0.05) is 18.2 Å². The molecule has 1 aromatic heterocycles. The summed E-state index contributed by atoms with van der Waals surface area (Å²) in [6.45, 7) is -0.716. The van der Waals surface area contributed by atoms with Crippen LogP contribution in [0.25, 0.3) is 0 Å². The largest absolute Gasteiger partial charge is 0.507 e. The van der Waals surface area contributed by atoms with Gasteiger partial charge < -0.3 is 9.84 Å². The summed E-state index contributed by atoms with van der Waals surface area (Å²) in [4.78, 5) is 24.1. The number of phenols is 1. The van der Waals surface area contributed by atoms with E-state index in [-0.39, 0.29) is 21.0 Å². The van der Waals surface area contributed by atoms with Gasteiger partial charge in [0.15, 0.2) is 6.61 Å². The topological polar surface area (TPSA) is 110 Å². The number of phenolic OH excluding ortho intramolecular Hbond substituents is 1. The number of ketones is 1. The maximum absolute atomic E-state index is 13.6. The minimum Gasteiger partial charge on any atom is -0.507 e. The third-order valence-corrected chi connectivity index (χ3v) is 6.52. The molecule has 7 nitrogen and oxygen atoms in total. The molecule has 0 amide bonds. The van der Waals surface area contributed by atoms with Crippen LogP contribution in [0.15, 0.2) is 64.2 Å². The lowest BCUT2D eigenvalue weighted by atomic mass is 10.1. The molecule has 150 valence electrons. The molecule has 29 heavy (non-hydrogen) atoms. The van der Waals surface area contributed by atoms with Gasteiger partial charge >= 0.3 is 5.97 Å². The molecule has 0 saturated carbocycles. The number of halogens is 1. The van der Waals surface area contributed by atoms with Crippen molar-refractivity contribution in [1.29, 1.82) is 0 Å². The average Bonchev–Trinajstić information content (AvgIpc) is 3.22. The predicted molar refractivity (Wildman–Crippen MR) is 104 cm³/mol. The number of carbonyl (C=O) groups excluding carboxylic acids is 2. The second kappa shape index (κ2) is 8.41. The minimum atomic E-state index is -3.81. The van der Waals surface area contributed by atoms with Crippen molar-refractivity contribution in [3.8, 4) is 5.75 Å². The van der Waals surface area contributed by atoms with E-state index in [2.05, 4.69) is 4.72 Å². The molecule has 0 unspecified atom stereocenters. The number of carbonyl (C=O) groups is 2. The molecule has 0 bridgehead atoms. The molecule has 1 heterocycles. The standard InChI is InChI=1S/C19H14FNO6S2/c20-15-5-2-1-4-13(15)17(23)11-27-19(24)14-8-7-12(10-16(14)22)21-29(25,26)18-6-3-9-28-18/h1-10,21-22H,11H2. The van der Waals surface area contributed by atoms with Gasteiger partial charge in [0.25, 0.3) is 10.0 Å². The Hall–Kier alpha value is -3.24. The number of sulfonamides is 1. The van der Waals surface area contributed by atoms with Gasteiger partial charge in [-0.05, 0) is 35.7 Å². The van der Waals surface area contributed by atoms with Crippen molar-refractivity contribution >= 4 is 38.8 Å². The van der Waals surface area contributed by atoms with Crippen molar-refractivity contribution in [2.24, 2.45) is 0 Å². The van der Waals surface area contributed by atoms with Gasteiger partial charge in [0.05, 0.1) is 11.3 Å². The average molecular weight is 435 g/mol. The lowest BCUT2D eigenvalue weighted by Gasteiger charge is -2.10. The van der Waals surface area contributed by atoms with Crippen LogP contribution in [0, 0.1) is 5.82 Å². The molecule has 2 aromatic carbocycles. The van der Waals surface area contributed by atoms with Crippen LogP contribution in [0.2, 0.25) is 0 Å². The van der Waals surface area contributed by atoms with Crippen molar-refractivity contribution in [2.75, 3.05) is 11.3 Å². The summed E-state index contributed by atoms with van der Waals surface area (Å²) in [6, 6.07) is 11.7. The van der Waals surface area contributed by atoms with Crippen LogP contribution < -0.4 is 4.72 Å². The normalized spacial score (nSPS) is 11.1. The third kappa shape index (κ3) is 4.79. The number of ether oxygens (including phenoxy) is 1. The quantitative estimate of drug-likeness (QED) is 0.435. The Morgan fingerprint density at radius 3 is 2.48 bits per heavy atom. The number of nitrogens with one attached hydrogen (secondary N) is 1. The van der Waals surface area contributed by atoms with Crippen LogP contribution in [0.3, 0.4) is 0 Å². The van der Waals surface area contributed by atoms with Gasteiger partial charge in [-0.15, -0.1) is 11.3 Å². The van der Waals surface area contributed by atoms with E-state index in [1.165, 1.54) is 30.3 Å². The van der Waals surface area contributed by atoms with Crippen LogP contribution in [-0.2, 0) is 14.8 Å². The number of Topliss-reactive ketones (excluding diaryl/α,β-unsaturated/α-hetero) is 1. The molecule has 0 saturated heterocycles. The zero-order chi connectivity index (χ0) is 21.0. The van der Waals surface area contributed by atoms with Gasteiger partial charge in [0.2, 0.25) is 5.78 Å². The van der Waals surface area contributed by atoms with E-state index in [0.717, 1.165) is 29.5 Å². The van der Waals surface area contributed by atoms with E-state index >= 15 is 0 Å². The van der Waals surface area contributed by atoms with Crippen LogP contribution in [0.1, 0.15) is 20.7 Å². The van der Waals surface area contributed by atoms with E-state index in [0.29, 0.717) is 0 Å². The summed E-state index contributed by atoms with van der Waals surface area (Å²) in [5.74, 6) is -3.03. The number of anilines is 1. The van der Waals surface area contributed by atoms with Gasteiger partial charge in [-0.3, -0.25) is 9.52 Å². The highest BCUT2D eigenvalue weighted by Crippen LogP contribution is 2.26. The highest BCUT2D eigenvalue weighted by atomic mass is 32.2. The van der Waals surface area contributed by atoms with Crippen molar-refractivity contribution in [3.05, 3.63) is 76.9 Å². The van der Waals surface area contributed by atoms with E-state index in [9.17, 15) is 27.5 Å². The SMILES string of the molecule is O=C(OCC(=O)c1ccccc1F)c1ccc(NS(=O)(=O)c2cccs2)cc1O. The summed E-state index contributed by atoms with van der Waals surface area (Å²) in [7, 11) is -3.81. The third-order valence-electron chi connectivity index (χ3n) is 3.74. The molecule has 0 aliphatic carbocycles. The smallest absolute Gasteiger partial charge is 0.342 e. The Kier molecular flexibility index (Phi) is 5.95. The van der Waals surface area contributed by atoms with Gasteiger partial charge in [-0.2, -0.15) is 0 Å². The molecule has 0 atom stereocenters. The summed E-state index contributed by atoms with van der Waals surface area (Å²) in [5, 5.41) is 11.6. The van der Waals surface area contributed by atoms with E-state index in [4.69, 9.17) is 4.74 Å². The fraction of sp³-hybridized carbons (Fsp3) is 0.0526. The number of benzene rings is 2. The molecule has 10 heteroatoms. The van der Waals surface area contributed by atoms with Gasteiger partial charge in [-0.25, -0.2) is 17.6 Å². The minimum absolute atomic E-state index is 0.0369. The number of hydrogen-bond acceptors (Lipinski definition) is 7. The maximum atomic E-state index is 13.6. The van der Waals surface area contributed by atoms with Gasteiger partial charge in [0.1, 0.15) is 21.3 Å². The van der Waals surface area contributed by atoms with Crippen LogP contribution in [0.5, 0.6) is 5.75 Å². The summed E-state index contributed by atoms with van der Waals surface area (Å²) >= 11 is 1.02. The molecule has 0 aliphatic rings. The first-order valence-corrected chi connectivity index (χ1v) is 10.5. The predicted octanol–water partition coefficient (Wildman–Crippen LogP) is 3.43. The Labute approximate surface area is 169 Å². The Bertz CT molecular complexity index is 1160. The zero-order valence-electron chi connectivity index (χ0n) is 14.7. The molecular formula is C19H14FNO6S2. The van der Waals surface area contributed by atoms with E-state index in [1.54, 1.807) is 11.4 Å². The molecule has 2 N–H and O–H groups in total. The summed E-state index contributed by atoms with van der Waals surface area (Å²) < 4.78 is 45.2. The van der Waals surface area contributed by atoms with Crippen molar-refractivity contribution in [1.82, 2.24) is 0 Å². The number of thiophene rings is 1.